The Morgan fingerprint density at radius 2 is 1.90 bits per heavy atom. The molecule has 1 aliphatic rings. The number of benzene rings is 2. The molecule has 6 nitrogen and oxygen atoms in total. The molecule has 150 valence electrons. The number of nitrogens with one attached hydrogen (secondary N) is 1. The first-order valence-corrected chi connectivity index (χ1v) is 10.5. The van der Waals surface area contributed by atoms with Crippen molar-refractivity contribution in [1.82, 2.24) is 10.3 Å². The molecule has 1 aromatic heterocycles. The van der Waals surface area contributed by atoms with Crippen LogP contribution >= 0.6 is 11.8 Å². The van der Waals surface area contributed by atoms with E-state index in [9.17, 15) is 4.79 Å². The van der Waals surface area contributed by atoms with Crippen LogP contribution in [-0.4, -0.2) is 23.4 Å². The second-order valence-electron chi connectivity index (χ2n) is 6.85. The van der Waals surface area contributed by atoms with E-state index in [4.69, 9.17) is 13.9 Å². The molecule has 2 heterocycles. The van der Waals surface area contributed by atoms with Crippen LogP contribution in [0.2, 0.25) is 0 Å². The summed E-state index contributed by atoms with van der Waals surface area (Å²) >= 11 is 1.52. The van der Waals surface area contributed by atoms with Crippen LogP contribution in [-0.2, 0) is 17.1 Å². The van der Waals surface area contributed by atoms with Crippen LogP contribution in [0.4, 0.5) is 0 Å². The molecular weight excluding hydrogens is 388 g/mol. The van der Waals surface area contributed by atoms with Gasteiger partial charge in [0.15, 0.2) is 11.5 Å². The Balaban J connectivity index is 1.25. The van der Waals surface area contributed by atoms with Crippen molar-refractivity contribution >= 4 is 17.7 Å². The number of carbonyl (C=O) groups is 1. The average molecular weight is 410 g/mol. The maximum atomic E-state index is 12.2. The monoisotopic (exact) mass is 410 g/mol. The van der Waals surface area contributed by atoms with Crippen LogP contribution in [0.1, 0.15) is 22.6 Å². The normalized spacial score (nSPS) is 12.2. The molecule has 29 heavy (non-hydrogen) atoms. The first kappa shape index (κ1) is 19.4. The minimum Gasteiger partial charge on any atom is -0.454 e. The number of aromatic nitrogens is 1. The lowest BCUT2D eigenvalue weighted by Gasteiger charge is -2.06. The van der Waals surface area contributed by atoms with E-state index in [2.05, 4.69) is 10.3 Å². The number of hydrogen-bond donors (Lipinski definition) is 1. The van der Waals surface area contributed by atoms with Gasteiger partial charge in [-0.25, -0.2) is 4.98 Å². The third kappa shape index (κ3) is 4.74. The fourth-order valence-electron chi connectivity index (χ4n) is 2.92. The second-order valence-corrected chi connectivity index (χ2v) is 7.83. The Kier molecular flexibility index (Phi) is 5.76. The van der Waals surface area contributed by atoms with Gasteiger partial charge in [0.1, 0.15) is 5.76 Å². The van der Waals surface area contributed by atoms with Crippen LogP contribution in [0.5, 0.6) is 11.5 Å². The highest BCUT2D eigenvalue weighted by atomic mass is 32.2. The third-order valence-electron chi connectivity index (χ3n) is 4.59. The minimum atomic E-state index is -0.0208. The lowest BCUT2D eigenvalue weighted by Crippen LogP contribution is -2.24. The standard InChI is InChI=1S/C22H22N2O4S/c1-14-3-6-17(7-4-14)22-24-18(15(2)28-22)11-29-12-21(25)23-10-16-5-8-19-20(9-16)27-13-26-19/h3-9H,10-13H2,1-2H3,(H,23,25). The molecule has 4 rings (SSSR count). The molecule has 0 spiro atoms. The SMILES string of the molecule is Cc1ccc(-c2nc(CSCC(=O)NCc3ccc4c(c3)OCO4)c(C)o2)cc1. The van der Waals surface area contributed by atoms with Crippen LogP contribution in [0.15, 0.2) is 46.9 Å². The third-order valence-corrected chi connectivity index (χ3v) is 5.53. The van der Waals surface area contributed by atoms with Crippen molar-refractivity contribution in [2.75, 3.05) is 12.5 Å². The number of ether oxygens (including phenoxy) is 2. The second kappa shape index (κ2) is 8.61. The molecule has 7 heteroatoms. The van der Waals surface area contributed by atoms with E-state index in [1.54, 1.807) is 0 Å². The first-order valence-electron chi connectivity index (χ1n) is 9.35. The van der Waals surface area contributed by atoms with Gasteiger partial charge >= 0.3 is 0 Å². The quantitative estimate of drug-likeness (QED) is 0.628. The number of hydrogen-bond acceptors (Lipinski definition) is 6. The molecule has 1 aliphatic heterocycles. The van der Waals surface area contributed by atoms with Gasteiger partial charge in [0.05, 0.1) is 11.4 Å². The molecular formula is C22H22N2O4S. The topological polar surface area (TPSA) is 73.6 Å². The molecule has 0 saturated carbocycles. The number of amides is 1. The zero-order valence-corrected chi connectivity index (χ0v) is 17.2. The summed E-state index contributed by atoms with van der Waals surface area (Å²) in [5, 5.41) is 2.93. The molecule has 0 bridgehead atoms. The van der Waals surface area contributed by atoms with Crippen molar-refractivity contribution in [3.63, 3.8) is 0 Å². The van der Waals surface area contributed by atoms with E-state index in [-0.39, 0.29) is 12.7 Å². The van der Waals surface area contributed by atoms with Gasteiger partial charge in [-0.1, -0.05) is 23.8 Å². The number of nitrogens with zero attached hydrogens (tertiary/aromatic N) is 1. The number of fused-ring (bicyclic) bond motifs is 1. The van der Waals surface area contributed by atoms with Crippen molar-refractivity contribution in [2.45, 2.75) is 26.1 Å². The Bertz CT molecular complexity index is 1010. The first-order chi connectivity index (χ1) is 14.1. The van der Waals surface area contributed by atoms with Gasteiger partial charge in [-0.3, -0.25) is 4.79 Å². The Morgan fingerprint density at radius 1 is 1.10 bits per heavy atom. The van der Waals surface area contributed by atoms with Crippen LogP contribution in [0.3, 0.4) is 0 Å². The summed E-state index contributed by atoms with van der Waals surface area (Å²) in [6.07, 6.45) is 0. The number of thioether (sulfide) groups is 1. The number of aryl methyl sites for hydroxylation is 2. The Morgan fingerprint density at radius 3 is 2.72 bits per heavy atom. The lowest BCUT2D eigenvalue weighted by molar-refractivity contribution is -0.118. The van der Waals surface area contributed by atoms with Crippen LogP contribution < -0.4 is 14.8 Å². The largest absolute Gasteiger partial charge is 0.454 e. The smallest absolute Gasteiger partial charge is 0.231 e. The molecule has 1 amide bonds. The van der Waals surface area contributed by atoms with E-state index in [0.29, 0.717) is 23.9 Å². The molecule has 3 aromatic rings. The maximum absolute atomic E-state index is 12.2. The van der Waals surface area contributed by atoms with Crippen molar-refractivity contribution < 1.29 is 18.7 Å². The Labute approximate surface area is 173 Å². The summed E-state index contributed by atoms with van der Waals surface area (Å²) in [6.45, 7) is 4.65. The summed E-state index contributed by atoms with van der Waals surface area (Å²) in [6, 6.07) is 13.7. The molecule has 0 atom stereocenters. The summed E-state index contributed by atoms with van der Waals surface area (Å²) in [5.41, 5.74) is 3.99. The van der Waals surface area contributed by atoms with E-state index in [0.717, 1.165) is 34.1 Å². The van der Waals surface area contributed by atoms with Crippen LogP contribution in [0.25, 0.3) is 11.5 Å². The van der Waals surface area contributed by atoms with E-state index < -0.39 is 0 Å². The highest BCUT2D eigenvalue weighted by molar-refractivity contribution is 7.99. The number of oxazole rings is 1. The van der Waals surface area contributed by atoms with E-state index in [1.165, 1.54) is 17.3 Å². The molecule has 0 unspecified atom stereocenters. The minimum absolute atomic E-state index is 0.0208. The fourth-order valence-corrected chi connectivity index (χ4v) is 3.78. The van der Waals surface area contributed by atoms with Crippen molar-refractivity contribution in [3.05, 3.63) is 65.0 Å². The summed E-state index contributed by atoms with van der Waals surface area (Å²) in [7, 11) is 0. The average Bonchev–Trinajstić information content (AvgIpc) is 3.33. The molecule has 0 radical (unpaired) electrons. The molecule has 2 aromatic carbocycles. The number of carbonyl (C=O) groups excluding carboxylic acids is 1. The van der Waals surface area contributed by atoms with Crippen LogP contribution in [0, 0.1) is 13.8 Å². The summed E-state index contributed by atoms with van der Waals surface area (Å²) in [5.74, 6) is 3.82. The van der Waals surface area contributed by atoms with E-state index >= 15 is 0 Å². The van der Waals surface area contributed by atoms with Crippen molar-refractivity contribution in [2.24, 2.45) is 0 Å². The zero-order chi connectivity index (χ0) is 20.2. The van der Waals surface area contributed by atoms with Gasteiger partial charge < -0.3 is 19.2 Å². The van der Waals surface area contributed by atoms with Crippen molar-refractivity contribution in [1.29, 1.82) is 0 Å². The van der Waals surface area contributed by atoms with Gasteiger partial charge in [-0.2, -0.15) is 0 Å². The maximum Gasteiger partial charge on any atom is 0.231 e. The van der Waals surface area contributed by atoms with Gasteiger partial charge in [0.25, 0.3) is 0 Å². The summed E-state index contributed by atoms with van der Waals surface area (Å²) < 4.78 is 16.4. The molecule has 1 N–H and O–H groups in total. The van der Waals surface area contributed by atoms with Gasteiger partial charge in [-0.05, 0) is 43.7 Å². The zero-order valence-electron chi connectivity index (χ0n) is 16.4. The van der Waals surface area contributed by atoms with E-state index in [1.807, 2.05) is 56.3 Å². The summed E-state index contributed by atoms with van der Waals surface area (Å²) in [4.78, 5) is 16.7. The van der Waals surface area contributed by atoms with Gasteiger partial charge in [-0.15, -0.1) is 11.8 Å². The highest BCUT2D eigenvalue weighted by Crippen LogP contribution is 2.32. The predicted octanol–water partition coefficient (Wildman–Crippen LogP) is 4.24. The molecule has 0 aliphatic carbocycles. The van der Waals surface area contributed by atoms with Gasteiger partial charge in [0.2, 0.25) is 18.6 Å². The van der Waals surface area contributed by atoms with Gasteiger partial charge in [0, 0.05) is 17.9 Å². The Hall–Kier alpha value is -2.93. The fraction of sp³-hybridized carbons (Fsp3) is 0.273. The predicted molar refractivity (Wildman–Crippen MR) is 112 cm³/mol. The highest BCUT2D eigenvalue weighted by Gasteiger charge is 2.14. The molecule has 0 fully saturated rings. The lowest BCUT2D eigenvalue weighted by atomic mass is 10.1. The number of rotatable bonds is 7. The molecule has 0 saturated heterocycles. The van der Waals surface area contributed by atoms with Crippen molar-refractivity contribution in [3.8, 4) is 23.0 Å².